The molecule has 2 aromatic carbocycles. The summed E-state index contributed by atoms with van der Waals surface area (Å²) in [6.45, 7) is 4.40. The van der Waals surface area contributed by atoms with Crippen LogP contribution in [0.15, 0.2) is 54.6 Å². The Morgan fingerprint density at radius 1 is 0.923 bits per heavy atom. The number of anilines is 1. The van der Waals surface area contributed by atoms with Crippen LogP contribution < -0.4 is 16.4 Å². The zero-order valence-electron chi connectivity index (χ0n) is 15.1. The molecule has 0 aromatic heterocycles. The van der Waals surface area contributed by atoms with E-state index < -0.39 is 5.54 Å². The second-order valence-electron chi connectivity index (χ2n) is 6.12. The average Bonchev–Trinajstić information content (AvgIpc) is 2.67. The Morgan fingerprint density at radius 3 is 2.12 bits per heavy atom. The van der Waals surface area contributed by atoms with Gasteiger partial charge in [0.2, 0.25) is 0 Å². The highest BCUT2D eigenvalue weighted by Gasteiger charge is 2.22. The van der Waals surface area contributed by atoms with E-state index in [1.165, 1.54) is 0 Å². The Kier molecular flexibility index (Phi) is 8.29. The van der Waals surface area contributed by atoms with E-state index in [1.54, 1.807) is 48.5 Å². The van der Waals surface area contributed by atoms with Crippen molar-refractivity contribution in [2.24, 2.45) is 5.73 Å². The summed E-state index contributed by atoms with van der Waals surface area (Å²) in [5.74, 6) is -0.503. The summed E-state index contributed by atoms with van der Waals surface area (Å²) in [5.41, 5.74) is 7.25. The average molecular weight is 376 g/mol. The fourth-order valence-corrected chi connectivity index (χ4v) is 2.43. The Labute approximate surface area is 160 Å². The molecule has 0 aliphatic carbocycles. The first-order valence-electron chi connectivity index (χ1n) is 8.51. The summed E-state index contributed by atoms with van der Waals surface area (Å²) in [4.78, 5) is 24.9. The maximum Gasteiger partial charge on any atom is 0.255 e. The van der Waals surface area contributed by atoms with Crippen LogP contribution in [0.2, 0.25) is 0 Å². The number of carbonyl (C=O) groups excluding carboxylic acids is 2. The van der Waals surface area contributed by atoms with Gasteiger partial charge in [0.05, 0.1) is 11.3 Å². The van der Waals surface area contributed by atoms with Crippen LogP contribution in [0, 0.1) is 0 Å². The van der Waals surface area contributed by atoms with Crippen LogP contribution in [0.3, 0.4) is 0 Å². The van der Waals surface area contributed by atoms with Gasteiger partial charge in [-0.3, -0.25) is 9.59 Å². The van der Waals surface area contributed by atoms with Crippen LogP contribution in [-0.4, -0.2) is 23.9 Å². The molecule has 0 spiro atoms. The van der Waals surface area contributed by atoms with Crippen LogP contribution in [0.5, 0.6) is 0 Å². The largest absolute Gasteiger partial charge is 0.350 e. The molecule has 2 amide bonds. The molecule has 0 bridgehead atoms. The van der Waals surface area contributed by atoms with Crippen molar-refractivity contribution in [1.29, 1.82) is 0 Å². The summed E-state index contributed by atoms with van der Waals surface area (Å²) in [6.07, 6.45) is 1.55. The number of hydrogen-bond acceptors (Lipinski definition) is 3. The van der Waals surface area contributed by atoms with Crippen molar-refractivity contribution in [1.82, 2.24) is 5.32 Å². The van der Waals surface area contributed by atoms with Crippen LogP contribution >= 0.6 is 12.4 Å². The zero-order valence-corrected chi connectivity index (χ0v) is 15.9. The lowest BCUT2D eigenvalue weighted by molar-refractivity contribution is 0.0943. The molecule has 0 heterocycles. The van der Waals surface area contributed by atoms with Crippen molar-refractivity contribution in [2.75, 3.05) is 11.9 Å². The van der Waals surface area contributed by atoms with Crippen molar-refractivity contribution < 1.29 is 9.59 Å². The lowest BCUT2D eigenvalue weighted by Gasteiger charge is -2.27. The van der Waals surface area contributed by atoms with Gasteiger partial charge in [-0.1, -0.05) is 44.2 Å². The van der Waals surface area contributed by atoms with Gasteiger partial charge in [0.25, 0.3) is 11.8 Å². The fourth-order valence-electron chi connectivity index (χ4n) is 2.43. The van der Waals surface area contributed by atoms with E-state index in [-0.39, 0.29) is 24.2 Å². The van der Waals surface area contributed by atoms with Crippen molar-refractivity contribution in [3.63, 3.8) is 0 Å². The quantitative estimate of drug-likeness (QED) is 0.691. The van der Waals surface area contributed by atoms with E-state index in [0.29, 0.717) is 23.4 Å². The first-order valence-corrected chi connectivity index (χ1v) is 8.51. The highest BCUT2D eigenvalue weighted by atomic mass is 35.5. The molecule has 0 atom stereocenters. The van der Waals surface area contributed by atoms with Crippen LogP contribution in [0.1, 0.15) is 47.4 Å². The predicted molar refractivity (Wildman–Crippen MR) is 108 cm³/mol. The third-order valence-corrected chi connectivity index (χ3v) is 4.47. The van der Waals surface area contributed by atoms with Crippen molar-refractivity contribution in [3.8, 4) is 0 Å². The van der Waals surface area contributed by atoms with E-state index in [0.717, 1.165) is 12.8 Å². The smallest absolute Gasteiger partial charge is 0.255 e. The standard InChI is InChI=1S/C20H25N3O2.ClH/c1-3-20(21,4-2)14-22-19(25)16-12-8-9-13-17(16)23-18(24)15-10-6-5-7-11-15;/h5-13H,3-4,14,21H2,1-2H3,(H,22,25)(H,23,24);1H. The van der Waals surface area contributed by atoms with E-state index in [2.05, 4.69) is 10.6 Å². The van der Waals surface area contributed by atoms with Gasteiger partial charge in [0, 0.05) is 17.6 Å². The molecule has 4 N–H and O–H groups in total. The SMILES string of the molecule is CCC(N)(CC)CNC(=O)c1ccccc1NC(=O)c1ccccc1.Cl. The van der Waals surface area contributed by atoms with Gasteiger partial charge in [0.1, 0.15) is 0 Å². The third-order valence-electron chi connectivity index (χ3n) is 4.47. The fraction of sp³-hybridized carbons (Fsp3) is 0.300. The van der Waals surface area contributed by atoms with Gasteiger partial charge in [-0.05, 0) is 37.1 Å². The van der Waals surface area contributed by atoms with Crippen molar-refractivity contribution in [3.05, 3.63) is 65.7 Å². The normalized spacial score (nSPS) is 10.6. The first-order chi connectivity index (χ1) is 12.0. The topological polar surface area (TPSA) is 84.2 Å². The number of benzene rings is 2. The van der Waals surface area contributed by atoms with Crippen LogP contribution in [-0.2, 0) is 0 Å². The summed E-state index contributed by atoms with van der Waals surface area (Å²) in [6, 6.07) is 15.8. The number of carbonyl (C=O) groups is 2. The highest BCUT2D eigenvalue weighted by molar-refractivity contribution is 6.08. The number of nitrogens with two attached hydrogens (primary N) is 1. The summed E-state index contributed by atoms with van der Waals surface area (Å²) in [7, 11) is 0. The number of rotatable bonds is 7. The van der Waals surface area contributed by atoms with Gasteiger partial charge in [-0.25, -0.2) is 0 Å². The van der Waals surface area contributed by atoms with Gasteiger partial charge < -0.3 is 16.4 Å². The highest BCUT2D eigenvalue weighted by Crippen LogP contribution is 2.17. The second-order valence-corrected chi connectivity index (χ2v) is 6.12. The zero-order chi connectivity index (χ0) is 18.3. The second kappa shape index (κ2) is 9.94. The molecule has 0 radical (unpaired) electrons. The molecule has 2 aromatic rings. The summed E-state index contributed by atoms with van der Waals surface area (Å²) >= 11 is 0. The van der Waals surface area contributed by atoms with Crippen LogP contribution in [0.25, 0.3) is 0 Å². The van der Waals surface area contributed by atoms with Crippen LogP contribution in [0.4, 0.5) is 5.69 Å². The van der Waals surface area contributed by atoms with E-state index in [1.807, 2.05) is 19.9 Å². The van der Waals surface area contributed by atoms with Gasteiger partial charge in [0.15, 0.2) is 0 Å². The molecular weight excluding hydrogens is 350 g/mol. The molecule has 26 heavy (non-hydrogen) atoms. The van der Waals surface area contributed by atoms with E-state index in [9.17, 15) is 9.59 Å². The Hall–Kier alpha value is -2.37. The molecule has 0 unspecified atom stereocenters. The van der Waals surface area contributed by atoms with Gasteiger partial charge in [-0.2, -0.15) is 0 Å². The third kappa shape index (κ3) is 5.58. The van der Waals surface area contributed by atoms with Gasteiger partial charge in [-0.15, -0.1) is 12.4 Å². The molecule has 140 valence electrons. The van der Waals surface area contributed by atoms with Crippen molar-refractivity contribution >= 4 is 29.9 Å². The number of hydrogen-bond donors (Lipinski definition) is 3. The number of amides is 2. The Bertz CT molecular complexity index is 731. The molecule has 0 saturated carbocycles. The molecule has 0 aliphatic rings. The van der Waals surface area contributed by atoms with E-state index >= 15 is 0 Å². The minimum atomic E-state index is -0.419. The van der Waals surface area contributed by atoms with Gasteiger partial charge >= 0.3 is 0 Å². The maximum atomic E-state index is 12.5. The minimum Gasteiger partial charge on any atom is -0.350 e. The lowest BCUT2D eigenvalue weighted by Crippen LogP contribution is -2.49. The molecule has 0 aliphatic heterocycles. The summed E-state index contributed by atoms with van der Waals surface area (Å²) in [5, 5.41) is 5.68. The number of halogens is 1. The van der Waals surface area contributed by atoms with Crippen molar-refractivity contribution in [2.45, 2.75) is 32.2 Å². The monoisotopic (exact) mass is 375 g/mol. The maximum absolute atomic E-state index is 12.5. The first kappa shape index (κ1) is 21.7. The molecule has 6 heteroatoms. The number of nitrogens with one attached hydrogen (secondary N) is 2. The van der Waals surface area contributed by atoms with E-state index in [4.69, 9.17) is 5.73 Å². The number of para-hydroxylation sites is 1. The minimum absolute atomic E-state index is 0. The lowest BCUT2D eigenvalue weighted by atomic mass is 9.94. The predicted octanol–water partition coefficient (Wildman–Crippen LogP) is 3.61. The Morgan fingerprint density at radius 2 is 1.50 bits per heavy atom. The summed E-state index contributed by atoms with van der Waals surface area (Å²) < 4.78 is 0. The molecular formula is C20H26ClN3O2. The molecule has 2 rings (SSSR count). The molecule has 5 nitrogen and oxygen atoms in total. The molecule has 0 fully saturated rings. The Balaban J connectivity index is 0.00000338. The molecule has 0 saturated heterocycles.